The minimum absolute atomic E-state index is 0.286. The third kappa shape index (κ3) is 2.87. The highest BCUT2D eigenvalue weighted by atomic mass is 15.2. The highest BCUT2D eigenvalue weighted by molar-refractivity contribution is 5.86. The number of benzene rings is 2. The predicted molar refractivity (Wildman–Crippen MR) is 125 cm³/mol. The van der Waals surface area contributed by atoms with E-state index in [2.05, 4.69) is 27.7 Å². The van der Waals surface area contributed by atoms with Gasteiger partial charge in [0.2, 0.25) is 0 Å². The zero-order valence-corrected chi connectivity index (χ0v) is 17.6. The Labute approximate surface area is 185 Å². The number of aryl methyl sites for hydroxylation is 1. The second-order valence-corrected chi connectivity index (χ2v) is 8.74. The van der Waals surface area contributed by atoms with Crippen LogP contribution >= 0.6 is 0 Å². The van der Waals surface area contributed by atoms with E-state index in [4.69, 9.17) is 18.4 Å². The molecule has 1 fully saturated rings. The fraction of sp³-hybridized carbons (Fsp3) is 0.308. The molecule has 1 aliphatic heterocycles. The third-order valence-corrected chi connectivity index (χ3v) is 7.11. The summed E-state index contributed by atoms with van der Waals surface area (Å²) < 4.78 is 20.0. The molecular weight excluding hydrogens is 382 g/mol. The lowest BCUT2D eigenvalue weighted by Gasteiger charge is -2.42. The molecular formula is C26H27N5. The van der Waals surface area contributed by atoms with E-state index in [1.165, 1.54) is 10.9 Å². The number of hydrogen-bond donors (Lipinski definition) is 1. The van der Waals surface area contributed by atoms with E-state index < -0.39 is 11.8 Å². The molecule has 1 aliphatic carbocycles. The minimum atomic E-state index is -1.43. The van der Waals surface area contributed by atoms with Crippen molar-refractivity contribution in [3.63, 3.8) is 0 Å². The summed E-state index contributed by atoms with van der Waals surface area (Å²) in [6.07, 6.45) is 3.61. The van der Waals surface area contributed by atoms with Gasteiger partial charge in [0, 0.05) is 39.8 Å². The Hall–Kier alpha value is -3.18. The molecule has 2 aliphatic rings. The van der Waals surface area contributed by atoms with Gasteiger partial charge in [-0.05, 0) is 47.9 Å². The van der Waals surface area contributed by atoms with Gasteiger partial charge < -0.3 is 15.2 Å². The molecule has 5 nitrogen and oxygen atoms in total. The van der Waals surface area contributed by atoms with Gasteiger partial charge in [-0.15, -0.1) is 0 Å². The first-order chi connectivity index (χ1) is 15.9. The molecule has 1 spiro atoms. The summed E-state index contributed by atoms with van der Waals surface area (Å²) >= 11 is 0. The zero-order valence-electron chi connectivity index (χ0n) is 19.6. The summed E-state index contributed by atoms with van der Waals surface area (Å²) in [6.45, 7) is 1.42. The average molecular weight is 412 g/mol. The fourth-order valence-corrected chi connectivity index (χ4v) is 5.25. The number of anilines is 1. The Morgan fingerprint density at radius 3 is 2.55 bits per heavy atom. The van der Waals surface area contributed by atoms with Crippen LogP contribution in [0, 0.1) is 5.41 Å². The standard InChI is InChI=1S/C26H27N5/c1-30-22-9-5-3-6-18(22)14-23(30)21-16-29-24(17-28-21)31-12-10-26(11-13-31)15-19-7-2-4-8-20(19)25(26)27/h2-9,14,16-17,25H,10-13,15,27H2,1H3/t25-/m1/s1/i15D2. The molecule has 3 heterocycles. The molecule has 31 heavy (non-hydrogen) atoms. The summed E-state index contributed by atoms with van der Waals surface area (Å²) in [4.78, 5) is 11.7. The summed E-state index contributed by atoms with van der Waals surface area (Å²) in [7, 11) is 2.05. The summed E-state index contributed by atoms with van der Waals surface area (Å²) in [5.41, 5.74) is 10.8. The van der Waals surface area contributed by atoms with E-state index in [1.807, 2.05) is 55.8 Å². The number of piperidine rings is 1. The lowest BCUT2D eigenvalue weighted by Crippen LogP contribution is -2.44. The minimum Gasteiger partial charge on any atom is -0.355 e. The molecule has 156 valence electrons. The first kappa shape index (κ1) is 16.5. The summed E-state index contributed by atoms with van der Waals surface area (Å²) in [5.74, 6) is 0.831. The number of nitrogens with zero attached hydrogens (tertiary/aromatic N) is 4. The van der Waals surface area contributed by atoms with Crippen molar-refractivity contribution in [2.75, 3.05) is 18.0 Å². The topological polar surface area (TPSA) is 60.0 Å². The Morgan fingerprint density at radius 2 is 1.81 bits per heavy atom. The van der Waals surface area contributed by atoms with E-state index >= 15 is 0 Å². The normalized spacial score (nSPS) is 22.4. The highest BCUT2D eigenvalue weighted by Gasteiger charge is 2.45. The number of para-hydroxylation sites is 1. The summed E-state index contributed by atoms with van der Waals surface area (Å²) in [6, 6.07) is 17.9. The van der Waals surface area contributed by atoms with Crippen LogP contribution in [0.5, 0.6) is 0 Å². The average Bonchev–Trinajstić information content (AvgIpc) is 3.27. The Bertz CT molecular complexity index is 1340. The fourth-order valence-electron chi connectivity index (χ4n) is 5.25. The predicted octanol–water partition coefficient (Wildman–Crippen LogP) is 4.48. The van der Waals surface area contributed by atoms with Gasteiger partial charge in [-0.1, -0.05) is 42.5 Å². The largest absolute Gasteiger partial charge is 0.355 e. The van der Waals surface area contributed by atoms with Crippen molar-refractivity contribution in [3.05, 3.63) is 78.1 Å². The SMILES string of the molecule is [2H]C1([2H])c2ccccc2[C@@H](N)C12CCN(c1cnc(-c3cc4ccccc4n3C)cn1)CC2. The highest BCUT2D eigenvalue weighted by Crippen LogP contribution is 2.50. The van der Waals surface area contributed by atoms with Gasteiger partial charge in [0.05, 0.1) is 18.1 Å². The van der Waals surface area contributed by atoms with Gasteiger partial charge in [0.15, 0.2) is 0 Å². The molecule has 0 amide bonds. The van der Waals surface area contributed by atoms with Gasteiger partial charge in [-0.3, -0.25) is 0 Å². The Kier molecular flexibility index (Phi) is 3.69. The monoisotopic (exact) mass is 411 g/mol. The molecule has 0 unspecified atom stereocenters. The van der Waals surface area contributed by atoms with E-state index in [1.54, 1.807) is 0 Å². The van der Waals surface area contributed by atoms with Crippen LogP contribution in [-0.4, -0.2) is 27.6 Å². The van der Waals surface area contributed by atoms with Crippen molar-refractivity contribution >= 4 is 16.7 Å². The number of aromatic nitrogens is 3. The van der Waals surface area contributed by atoms with Gasteiger partial charge in [0.1, 0.15) is 11.5 Å². The van der Waals surface area contributed by atoms with Gasteiger partial charge in [-0.2, -0.15) is 0 Å². The lowest BCUT2D eigenvalue weighted by atomic mass is 9.73. The van der Waals surface area contributed by atoms with Gasteiger partial charge >= 0.3 is 0 Å². The zero-order chi connectivity index (χ0) is 22.8. The molecule has 1 saturated heterocycles. The molecule has 5 heteroatoms. The molecule has 4 aromatic rings. The molecule has 1 atom stereocenters. The van der Waals surface area contributed by atoms with Crippen LogP contribution < -0.4 is 10.6 Å². The number of rotatable bonds is 2. The number of nitrogens with two attached hydrogens (primary N) is 1. The number of hydrogen-bond acceptors (Lipinski definition) is 4. The van der Waals surface area contributed by atoms with E-state index in [0.717, 1.165) is 28.3 Å². The summed E-state index contributed by atoms with van der Waals surface area (Å²) in [5, 5.41) is 1.19. The van der Waals surface area contributed by atoms with E-state index in [0.29, 0.717) is 25.9 Å². The second kappa shape index (κ2) is 6.92. The van der Waals surface area contributed by atoms with Gasteiger partial charge in [0.25, 0.3) is 0 Å². The first-order valence-corrected chi connectivity index (χ1v) is 10.9. The van der Waals surface area contributed by atoms with E-state index in [9.17, 15) is 0 Å². The first-order valence-electron chi connectivity index (χ1n) is 11.9. The van der Waals surface area contributed by atoms with Crippen molar-refractivity contribution in [2.24, 2.45) is 18.2 Å². The Balaban J connectivity index is 1.24. The van der Waals surface area contributed by atoms with Crippen molar-refractivity contribution < 1.29 is 2.74 Å². The van der Waals surface area contributed by atoms with Crippen molar-refractivity contribution in [1.29, 1.82) is 0 Å². The maximum atomic E-state index is 8.94. The van der Waals surface area contributed by atoms with Crippen molar-refractivity contribution in [1.82, 2.24) is 14.5 Å². The quantitative estimate of drug-likeness (QED) is 0.528. The Morgan fingerprint density at radius 1 is 1.03 bits per heavy atom. The lowest BCUT2D eigenvalue weighted by molar-refractivity contribution is 0.187. The van der Waals surface area contributed by atoms with Crippen LogP contribution in [0.25, 0.3) is 22.3 Å². The van der Waals surface area contributed by atoms with Crippen LogP contribution in [0.3, 0.4) is 0 Å². The van der Waals surface area contributed by atoms with Crippen LogP contribution in [0.2, 0.25) is 0 Å². The molecule has 2 N–H and O–H groups in total. The van der Waals surface area contributed by atoms with Crippen LogP contribution in [0.4, 0.5) is 5.82 Å². The molecule has 6 rings (SSSR count). The second-order valence-electron chi connectivity index (χ2n) is 8.74. The van der Waals surface area contributed by atoms with Crippen molar-refractivity contribution in [2.45, 2.75) is 25.3 Å². The van der Waals surface area contributed by atoms with E-state index in [-0.39, 0.29) is 6.04 Å². The van der Waals surface area contributed by atoms with Crippen LogP contribution in [0.15, 0.2) is 67.0 Å². The van der Waals surface area contributed by atoms with Crippen molar-refractivity contribution in [3.8, 4) is 11.4 Å². The third-order valence-electron chi connectivity index (χ3n) is 7.11. The molecule has 0 bridgehead atoms. The molecule has 2 aromatic carbocycles. The smallest absolute Gasteiger partial charge is 0.147 e. The molecule has 0 saturated carbocycles. The van der Waals surface area contributed by atoms with Crippen LogP contribution in [0.1, 0.15) is 32.8 Å². The number of fused-ring (bicyclic) bond motifs is 2. The maximum Gasteiger partial charge on any atom is 0.147 e. The molecule has 2 aromatic heterocycles. The molecule has 0 radical (unpaired) electrons. The van der Waals surface area contributed by atoms with Crippen LogP contribution in [-0.2, 0) is 13.4 Å². The maximum absolute atomic E-state index is 8.94. The van der Waals surface area contributed by atoms with Gasteiger partial charge in [-0.25, -0.2) is 9.97 Å².